The molecule has 0 aliphatic carbocycles. The predicted molar refractivity (Wildman–Crippen MR) is 65.0 cm³/mol. The highest BCUT2D eigenvalue weighted by Crippen LogP contribution is 2.28. The largest absolute Gasteiger partial charge is 0.573 e. The molecule has 0 spiro atoms. The lowest BCUT2D eigenvalue weighted by atomic mass is 10.0. The molecule has 2 nitrogen and oxygen atoms in total. The summed E-state index contributed by atoms with van der Waals surface area (Å²) in [5.41, 5.74) is 2.26. The highest BCUT2D eigenvalue weighted by molar-refractivity contribution is 5.66. The Morgan fingerprint density at radius 1 is 0.947 bits per heavy atom. The fourth-order valence-electron chi connectivity index (χ4n) is 1.68. The van der Waals surface area contributed by atoms with Crippen LogP contribution in [0.4, 0.5) is 13.2 Å². The minimum atomic E-state index is -4.68. The molecule has 0 saturated carbocycles. The second-order valence-corrected chi connectivity index (χ2v) is 4.07. The van der Waals surface area contributed by atoms with E-state index in [1.807, 2.05) is 0 Å². The molecule has 0 fully saturated rings. The highest BCUT2D eigenvalue weighted by atomic mass is 19.4. The van der Waals surface area contributed by atoms with E-state index in [9.17, 15) is 18.3 Å². The highest BCUT2D eigenvalue weighted by Gasteiger charge is 2.30. The Labute approximate surface area is 108 Å². The van der Waals surface area contributed by atoms with Crippen molar-refractivity contribution in [2.24, 2.45) is 0 Å². The molecule has 2 aromatic carbocycles. The van der Waals surface area contributed by atoms with Crippen molar-refractivity contribution < 1.29 is 23.0 Å². The molecular weight excluding hydrogens is 257 g/mol. The zero-order valence-electron chi connectivity index (χ0n) is 10.0. The van der Waals surface area contributed by atoms with Crippen molar-refractivity contribution in [3.8, 4) is 22.6 Å². The van der Waals surface area contributed by atoms with Crippen molar-refractivity contribution in [2.45, 2.75) is 13.3 Å². The lowest BCUT2D eigenvalue weighted by Gasteiger charge is -2.09. The van der Waals surface area contributed by atoms with Gasteiger partial charge in [-0.25, -0.2) is 0 Å². The Morgan fingerprint density at radius 3 is 2.05 bits per heavy atom. The minimum Gasteiger partial charge on any atom is -0.508 e. The Bertz CT molecular complexity index is 574. The average Bonchev–Trinajstić information content (AvgIpc) is 2.32. The van der Waals surface area contributed by atoms with Crippen molar-refractivity contribution >= 4 is 0 Å². The summed E-state index contributed by atoms with van der Waals surface area (Å²) < 4.78 is 39.8. The number of aromatic hydroxyl groups is 1. The molecule has 19 heavy (non-hydrogen) atoms. The second-order valence-electron chi connectivity index (χ2n) is 4.07. The maximum atomic E-state index is 12.0. The van der Waals surface area contributed by atoms with Gasteiger partial charge in [-0.05, 0) is 47.9 Å². The van der Waals surface area contributed by atoms with E-state index in [-0.39, 0.29) is 11.5 Å². The molecule has 0 aliphatic rings. The predicted octanol–water partition coefficient (Wildman–Crippen LogP) is 4.27. The second kappa shape index (κ2) is 4.84. The molecule has 0 radical (unpaired) electrons. The molecule has 0 amide bonds. The van der Waals surface area contributed by atoms with E-state index in [0.717, 1.165) is 11.1 Å². The number of phenolic OH excluding ortho intramolecular Hbond substituents is 1. The van der Waals surface area contributed by atoms with Crippen molar-refractivity contribution in [2.75, 3.05) is 0 Å². The van der Waals surface area contributed by atoms with Gasteiger partial charge in [0.1, 0.15) is 11.5 Å². The average molecular weight is 268 g/mol. The van der Waals surface area contributed by atoms with E-state index in [2.05, 4.69) is 4.74 Å². The number of benzene rings is 2. The van der Waals surface area contributed by atoms with Gasteiger partial charge in [0.05, 0.1) is 0 Å². The van der Waals surface area contributed by atoms with Crippen LogP contribution in [-0.4, -0.2) is 11.5 Å². The molecule has 0 aromatic heterocycles. The first-order valence-corrected chi connectivity index (χ1v) is 5.51. The summed E-state index contributed by atoms with van der Waals surface area (Å²) in [7, 11) is 0. The van der Waals surface area contributed by atoms with E-state index in [1.165, 1.54) is 24.3 Å². The summed E-state index contributed by atoms with van der Waals surface area (Å²) in [4.78, 5) is 0. The maximum absolute atomic E-state index is 12.0. The molecule has 2 rings (SSSR count). The Kier molecular flexibility index (Phi) is 3.38. The van der Waals surface area contributed by atoms with Crippen molar-refractivity contribution in [3.63, 3.8) is 0 Å². The van der Waals surface area contributed by atoms with Crippen LogP contribution < -0.4 is 4.74 Å². The lowest BCUT2D eigenvalue weighted by Crippen LogP contribution is -2.16. The van der Waals surface area contributed by atoms with Gasteiger partial charge in [-0.3, -0.25) is 0 Å². The number of halogens is 3. The number of phenols is 1. The van der Waals surface area contributed by atoms with E-state index < -0.39 is 6.36 Å². The number of hydrogen-bond acceptors (Lipinski definition) is 2. The Hall–Kier alpha value is -2.17. The van der Waals surface area contributed by atoms with Gasteiger partial charge in [-0.2, -0.15) is 0 Å². The quantitative estimate of drug-likeness (QED) is 0.881. The van der Waals surface area contributed by atoms with E-state index in [4.69, 9.17) is 0 Å². The summed E-state index contributed by atoms with van der Waals surface area (Å²) in [6.07, 6.45) is -4.68. The normalized spacial score (nSPS) is 11.4. The first kappa shape index (κ1) is 13.3. The topological polar surface area (TPSA) is 29.5 Å². The van der Waals surface area contributed by atoms with Crippen LogP contribution in [-0.2, 0) is 0 Å². The summed E-state index contributed by atoms with van der Waals surface area (Å²) in [5.74, 6) is -0.0764. The van der Waals surface area contributed by atoms with Gasteiger partial charge in [0.2, 0.25) is 0 Å². The van der Waals surface area contributed by atoms with Gasteiger partial charge >= 0.3 is 6.36 Å². The standard InChI is InChI=1S/C14H11F3O2/c1-9-8-11(4-7-13(9)18)10-2-5-12(6-3-10)19-14(15,16)17/h2-8,18H,1H3. The van der Waals surface area contributed by atoms with Gasteiger partial charge in [0.15, 0.2) is 0 Å². The fraction of sp³-hybridized carbons (Fsp3) is 0.143. The van der Waals surface area contributed by atoms with Crippen LogP contribution in [0.25, 0.3) is 11.1 Å². The number of alkyl halides is 3. The molecule has 100 valence electrons. The van der Waals surface area contributed by atoms with Crippen LogP contribution in [0, 0.1) is 6.92 Å². The Morgan fingerprint density at radius 2 is 1.53 bits per heavy atom. The van der Waals surface area contributed by atoms with Gasteiger partial charge in [-0.1, -0.05) is 18.2 Å². The summed E-state index contributed by atoms with van der Waals surface area (Å²) in [5, 5.41) is 9.42. The number of hydrogen-bond donors (Lipinski definition) is 1. The minimum absolute atomic E-state index is 0.181. The molecule has 2 aromatic rings. The number of rotatable bonds is 2. The monoisotopic (exact) mass is 268 g/mol. The maximum Gasteiger partial charge on any atom is 0.573 e. The molecule has 0 bridgehead atoms. The molecule has 5 heteroatoms. The first-order valence-electron chi connectivity index (χ1n) is 5.51. The third kappa shape index (κ3) is 3.40. The molecule has 0 aliphatic heterocycles. The Balaban J connectivity index is 2.25. The third-order valence-corrected chi connectivity index (χ3v) is 2.62. The summed E-state index contributed by atoms with van der Waals surface area (Å²) >= 11 is 0. The lowest BCUT2D eigenvalue weighted by molar-refractivity contribution is -0.274. The first-order chi connectivity index (χ1) is 8.85. The number of aryl methyl sites for hydroxylation is 1. The number of ether oxygens (including phenoxy) is 1. The smallest absolute Gasteiger partial charge is 0.508 e. The van der Waals surface area contributed by atoms with Crippen LogP contribution >= 0.6 is 0 Å². The van der Waals surface area contributed by atoms with Crippen molar-refractivity contribution in [3.05, 3.63) is 48.0 Å². The van der Waals surface area contributed by atoms with E-state index in [0.29, 0.717) is 5.56 Å². The van der Waals surface area contributed by atoms with E-state index in [1.54, 1.807) is 25.1 Å². The van der Waals surface area contributed by atoms with Gasteiger partial charge in [-0.15, -0.1) is 13.2 Å². The zero-order chi connectivity index (χ0) is 14.0. The van der Waals surface area contributed by atoms with Gasteiger partial charge < -0.3 is 9.84 Å². The van der Waals surface area contributed by atoms with Crippen LogP contribution in [0.15, 0.2) is 42.5 Å². The van der Waals surface area contributed by atoms with Crippen molar-refractivity contribution in [1.29, 1.82) is 0 Å². The molecule has 0 atom stereocenters. The molecule has 1 N–H and O–H groups in total. The van der Waals surface area contributed by atoms with Crippen LogP contribution in [0.2, 0.25) is 0 Å². The molecule has 0 unspecified atom stereocenters. The summed E-state index contributed by atoms with van der Waals surface area (Å²) in [6, 6.07) is 10.6. The molecule has 0 saturated heterocycles. The van der Waals surface area contributed by atoms with Gasteiger partial charge in [0, 0.05) is 0 Å². The van der Waals surface area contributed by atoms with Gasteiger partial charge in [0.25, 0.3) is 0 Å². The van der Waals surface area contributed by atoms with Crippen molar-refractivity contribution in [1.82, 2.24) is 0 Å². The van der Waals surface area contributed by atoms with Crippen LogP contribution in [0.5, 0.6) is 11.5 Å². The third-order valence-electron chi connectivity index (χ3n) is 2.62. The fourth-order valence-corrected chi connectivity index (χ4v) is 1.68. The molecular formula is C14H11F3O2. The SMILES string of the molecule is Cc1cc(-c2ccc(OC(F)(F)F)cc2)ccc1O. The van der Waals surface area contributed by atoms with Crippen LogP contribution in [0.1, 0.15) is 5.56 Å². The van der Waals surface area contributed by atoms with Crippen LogP contribution in [0.3, 0.4) is 0 Å². The summed E-state index contributed by atoms with van der Waals surface area (Å²) in [6.45, 7) is 1.75. The molecule has 0 heterocycles. The zero-order valence-corrected chi connectivity index (χ0v) is 10.0. The van der Waals surface area contributed by atoms with E-state index >= 15 is 0 Å².